The highest BCUT2D eigenvalue weighted by Gasteiger charge is 2.15. The minimum absolute atomic E-state index is 0.0663. The van der Waals surface area contributed by atoms with E-state index in [4.69, 9.17) is 14.2 Å². The number of aromatic nitrogens is 4. The summed E-state index contributed by atoms with van der Waals surface area (Å²) < 4.78 is 45.4. The summed E-state index contributed by atoms with van der Waals surface area (Å²) in [6, 6.07) is 17.0. The lowest BCUT2D eigenvalue weighted by Gasteiger charge is -2.10. The first-order valence-corrected chi connectivity index (χ1v) is 11.7. The highest BCUT2D eigenvalue weighted by molar-refractivity contribution is 7.89. The van der Waals surface area contributed by atoms with Gasteiger partial charge in [0.1, 0.15) is 18.1 Å². The number of methoxy groups -OCH3 is 1. The molecule has 1 N–H and O–H groups in total. The first kappa shape index (κ1) is 22.5. The minimum atomic E-state index is -3.67. The Balaban J connectivity index is 1.41. The van der Waals surface area contributed by atoms with Crippen molar-refractivity contribution in [1.82, 2.24) is 24.5 Å². The second-order valence-corrected chi connectivity index (χ2v) is 8.58. The molecule has 0 unspecified atom stereocenters. The number of sulfonamides is 1. The maximum atomic E-state index is 12.5. The van der Waals surface area contributed by atoms with Crippen molar-refractivity contribution in [2.24, 2.45) is 0 Å². The molecule has 33 heavy (non-hydrogen) atoms. The van der Waals surface area contributed by atoms with Crippen LogP contribution in [0.3, 0.4) is 0 Å². The van der Waals surface area contributed by atoms with E-state index in [1.165, 1.54) is 12.1 Å². The van der Waals surface area contributed by atoms with E-state index < -0.39 is 10.0 Å². The van der Waals surface area contributed by atoms with E-state index in [1.54, 1.807) is 35.9 Å². The van der Waals surface area contributed by atoms with Crippen molar-refractivity contribution < 1.29 is 22.6 Å². The summed E-state index contributed by atoms with van der Waals surface area (Å²) >= 11 is 0. The lowest BCUT2D eigenvalue weighted by Crippen LogP contribution is -2.28. The van der Waals surface area contributed by atoms with Crippen molar-refractivity contribution >= 4 is 15.7 Å². The second-order valence-electron chi connectivity index (χ2n) is 6.82. The third kappa shape index (κ3) is 5.04. The number of para-hydroxylation sites is 1. The molecule has 0 amide bonds. The lowest BCUT2D eigenvalue weighted by molar-refractivity contribution is 0.306. The van der Waals surface area contributed by atoms with Crippen molar-refractivity contribution in [1.29, 1.82) is 0 Å². The molecule has 0 aliphatic rings. The summed E-state index contributed by atoms with van der Waals surface area (Å²) in [4.78, 5) is 0.149. The molecule has 0 bridgehead atoms. The van der Waals surface area contributed by atoms with Gasteiger partial charge < -0.3 is 14.2 Å². The van der Waals surface area contributed by atoms with Crippen LogP contribution in [-0.2, 0) is 10.0 Å². The molecule has 4 rings (SSSR count). The highest BCUT2D eigenvalue weighted by atomic mass is 32.2. The summed E-state index contributed by atoms with van der Waals surface area (Å²) in [6.45, 7) is 2.52. The Morgan fingerprint density at radius 3 is 2.52 bits per heavy atom. The van der Waals surface area contributed by atoms with E-state index in [1.807, 2.05) is 31.2 Å². The fraction of sp³-hybridized carbons (Fsp3) is 0.227. The largest absolute Gasteiger partial charge is 0.496 e. The van der Waals surface area contributed by atoms with Crippen LogP contribution in [0, 0.1) is 0 Å². The van der Waals surface area contributed by atoms with Crippen molar-refractivity contribution in [3.8, 4) is 28.8 Å². The molecule has 0 aliphatic carbocycles. The van der Waals surface area contributed by atoms with Gasteiger partial charge in [-0.2, -0.15) is 4.52 Å². The zero-order valence-corrected chi connectivity index (χ0v) is 18.9. The van der Waals surface area contributed by atoms with E-state index in [0.717, 1.165) is 5.56 Å². The summed E-state index contributed by atoms with van der Waals surface area (Å²) in [5, 5.41) is 12.8. The summed E-state index contributed by atoms with van der Waals surface area (Å²) in [7, 11) is -2.09. The van der Waals surface area contributed by atoms with Gasteiger partial charge in [0.15, 0.2) is 11.5 Å². The van der Waals surface area contributed by atoms with Gasteiger partial charge in [0.25, 0.3) is 0 Å². The normalized spacial score (nSPS) is 11.5. The van der Waals surface area contributed by atoms with Crippen LogP contribution in [0.15, 0.2) is 65.6 Å². The third-order valence-electron chi connectivity index (χ3n) is 4.68. The zero-order valence-electron chi connectivity index (χ0n) is 18.1. The first-order chi connectivity index (χ1) is 16.0. The first-order valence-electron chi connectivity index (χ1n) is 10.2. The van der Waals surface area contributed by atoms with Gasteiger partial charge in [-0.25, -0.2) is 13.1 Å². The van der Waals surface area contributed by atoms with Crippen LogP contribution in [0.1, 0.15) is 6.92 Å². The van der Waals surface area contributed by atoms with Crippen LogP contribution >= 0.6 is 0 Å². The Labute approximate surface area is 191 Å². The minimum Gasteiger partial charge on any atom is -0.496 e. The van der Waals surface area contributed by atoms with E-state index >= 15 is 0 Å². The summed E-state index contributed by atoms with van der Waals surface area (Å²) in [5.74, 6) is 2.06. The molecule has 0 fully saturated rings. The Morgan fingerprint density at radius 2 is 1.76 bits per heavy atom. The van der Waals surface area contributed by atoms with Crippen molar-refractivity contribution in [3.63, 3.8) is 0 Å². The van der Waals surface area contributed by atoms with Gasteiger partial charge in [-0.1, -0.05) is 12.1 Å². The Kier molecular flexibility index (Phi) is 6.71. The number of hydrogen-bond acceptors (Lipinski definition) is 8. The lowest BCUT2D eigenvalue weighted by atomic mass is 10.2. The van der Waals surface area contributed by atoms with E-state index in [2.05, 4.69) is 20.0 Å². The SMILES string of the molecule is CCOc1ccc(S(=O)(=O)NCCOc2ccc3nnc(-c4ccccc4OC)n3n2)cc1. The van der Waals surface area contributed by atoms with E-state index in [-0.39, 0.29) is 18.0 Å². The van der Waals surface area contributed by atoms with Crippen molar-refractivity contribution in [2.45, 2.75) is 11.8 Å². The number of nitrogens with zero attached hydrogens (tertiary/aromatic N) is 4. The van der Waals surface area contributed by atoms with E-state index in [0.29, 0.717) is 35.5 Å². The highest BCUT2D eigenvalue weighted by Crippen LogP contribution is 2.28. The van der Waals surface area contributed by atoms with Gasteiger partial charge in [-0.15, -0.1) is 15.3 Å². The topological polar surface area (TPSA) is 117 Å². The molecule has 0 radical (unpaired) electrons. The number of fused-ring (bicyclic) bond motifs is 1. The van der Waals surface area contributed by atoms with Gasteiger partial charge in [0.05, 0.1) is 24.2 Å². The molecule has 0 saturated heterocycles. The standard InChI is InChI=1S/C22H23N5O5S/c1-3-31-16-8-10-17(11-9-16)33(28,29)23-14-15-32-21-13-12-20-24-25-22(27(20)26-21)18-6-4-5-7-19(18)30-2/h4-13,23H,3,14-15H2,1-2H3. The Bertz CT molecular complexity index is 1340. The Hall–Kier alpha value is -3.70. The van der Waals surface area contributed by atoms with Crippen molar-refractivity contribution in [3.05, 3.63) is 60.7 Å². The molecule has 0 atom stereocenters. The molecule has 4 aromatic rings. The van der Waals surface area contributed by atoms with Crippen molar-refractivity contribution in [2.75, 3.05) is 26.9 Å². The predicted octanol–water partition coefficient (Wildman–Crippen LogP) is 2.56. The number of hydrogen-bond donors (Lipinski definition) is 1. The van der Waals surface area contributed by atoms with Gasteiger partial charge in [0, 0.05) is 12.6 Å². The monoisotopic (exact) mass is 469 g/mol. The molecule has 2 heterocycles. The average molecular weight is 470 g/mol. The predicted molar refractivity (Wildman–Crippen MR) is 121 cm³/mol. The Morgan fingerprint density at radius 1 is 0.970 bits per heavy atom. The van der Waals surface area contributed by atoms with Crippen LogP contribution in [0.25, 0.3) is 17.0 Å². The molecular weight excluding hydrogens is 446 g/mol. The number of rotatable bonds is 10. The molecule has 0 aliphatic heterocycles. The van der Waals surface area contributed by atoms with Crippen LogP contribution in [0.2, 0.25) is 0 Å². The molecule has 0 spiro atoms. The summed E-state index contributed by atoms with van der Waals surface area (Å²) in [5.41, 5.74) is 1.28. The maximum Gasteiger partial charge on any atom is 0.240 e. The van der Waals surface area contributed by atoms with Crippen LogP contribution in [-0.4, -0.2) is 55.1 Å². The van der Waals surface area contributed by atoms with Crippen LogP contribution < -0.4 is 18.9 Å². The van der Waals surface area contributed by atoms with E-state index in [9.17, 15) is 8.42 Å². The molecule has 0 saturated carbocycles. The molecule has 172 valence electrons. The van der Waals surface area contributed by atoms with Gasteiger partial charge in [-0.3, -0.25) is 0 Å². The number of ether oxygens (including phenoxy) is 3. The van der Waals surface area contributed by atoms with Crippen LogP contribution in [0.4, 0.5) is 0 Å². The smallest absolute Gasteiger partial charge is 0.240 e. The number of benzene rings is 2. The van der Waals surface area contributed by atoms with Gasteiger partial charge >= 0.3 is 0 Å². The maximum absolute atomic E-state index is 12.5. The average Bonchev–Trinajstić information content (AvgIpc) is 3.25. The second kappa shape index (κ2) is 9.84. The van der Waals surface area contributed by atoms with Crippen LogP contribution in [0.5, 0.6) is 17.4 Å². The molecule has 2 aromatic carbocycles. The summed E-state index contributed by atoms with van der Waals surface area (Å²) in [6.07, 6.45) is 0. The molecular formula is C22H23N5O5S. The zero-order chi connectivity index (χ0) is 23.3. The molecule has 2 aromatic heterocycles. The third-order valence-corrected chi connectivity index (χ3v) is 6.15. The van der Waals surface area contributed by atoms with Gasteiger partial charge in [-0.05, 0) is 49.4 Å². The van der Waals surface area contributed by atoms with Gasteiger partial charge in [0.2, 0.25) is 15.9 Å². The number of nitrogens with one attached hydrogen (secondary N) is 1. The molecule has 10 nitrogen and oxygen atoms in total. The fourth-order valence-corrected chi connectivity index (χ4v) is 4.16. The fourth-order valence-electron chi connectivity index (χ4n) is 3.14. The quantitative estimate of drug-likeness (QED) is 0.352. The molecule has 11 heteroatoms.